The molecule has 2 N–H and O–H groups in total. The molecule has 0 aliphatic carbocycles. The Morgan fingerprint density at radius 2 is 1.79 bits per heavy atom. The molecule has 0 aliphatic heterocycles. The Labute approximate surface area is 162 Å². The molecule has 3 rings (SSSR count). The fourth-order valence-corrected chi connectivity index (χ4v) is 3.16. The largest absolute Gasteiger partial charge is 0.493 e. The van der Waals surface area contributed by atoms with Crippen LogP contribution in [0.25, 0.3) is 10.9 Å². The van der Waals surface area contributed by atoms with Crippen molar-refractivity contribution in [3.8, 4) is 17.2 Å². The number of Topliss-reactive ketones (excluding diaryl/α,β-unsaturated/α-hetero) is 1. The van der Waals surface area contributed by atoms with Crippen molar-refractivity contribution in [2.24, 2.45) is 0 Å². The number of ether oxygens (including phenoxy) is 3. The van der Waals surface area contributed by atoms with Gasteiger partial charge in [-0.05, 0) is 24.6 Å². The highest BCUT2D eigenvalue weighted by Crippen LogP contribution is 2.44. The highest BCUT2D eigenvalue weighted by Gasteiger charge is 2.21. The van der Waals surface area contributed by atoms with Crippen LogP contribution in [0, 0.1) is 0 Å². The first kappa shape index (κ1) is 19.3. The van der Waals surface area contributed by atoms with Gasteiger partial charge in [-0.2, -0.15) is 0 Å². The third-order valence-corrected chi connectivity index (χ3v) is 4.46. The second-order valence-electron chi connectivity index (χ2n) is 6.24. The summed E-state index contributed by atoms with van der Waals surface area (Å²) in [5, 5.41) is 3.58. The summed E-state index contributed by atoms with van der Waals surface area (Å²) in [6, 6.07) is 8.65. The number of methoxy groups -OCH3 is 3. The molecule has 3 aromatic rings. The average molecular weight is 382 g/mol. The normalized spacial score (nSPS) is 10.6. The molecule has 28 heavy (non-hydrogen) atoms. The molecular weight excluding hydrogens is 360 g/mol. The highest BCUT2D eigenvalue weighted by molar-refractivity contribution is 6.00. The van der Waals surface area contributed by atoms with Gasteiger partial charge in [-0.3, -0.25) is 9.59 Å². The molecule has 0 bridgehead atoms. The Kier molecular flexibility index (Phi) is 5.54. The van der Waals surface area contributed by atoms with E-state index in [1.165, 1.54) is 14.0 Å². The molecule has 7 nitrogen and oxygen atoms in total. The van der Waals surface area contributed by atoms with E-state index in [9.17, 15) is 9.59 Å². The molecule has 146 valence electrons. The molecule has 0 radical (unpaired) electrons. The van der Waals surface area contributed by atoms with Crippen molar-refractivity contribution in [1.82, 2.24) is 4.98 Å². The molecule has 0 saturated carbocycles. The molecule has 0 atom stereocenters. The number of H-pyrrole nitrogens is 1. The molecule has 0 unspecified atom stereocenters. The fraction of sp³-hybridized carbons (Fsp3) is 0.238. The van der Waals surface area contributed by atoms with Gasteiger partial charge in [0, 0.05) is 28.9 Å². The zero-order valence-corrected chi connectivity index (χ0v) is 16.2. The number of aromatic amines is 1. The molecule has 0 saturated heterocycles. The Morgan fingerprint density at radius 3 is 2.43 bits per heavy atom. The smallest absolute Gasteiger partial charge is 0.228 e. The molecule has 2 aromatic carbocycles. The number of amides is 1. The zero-order valence-electron chi connectivity index (χ0n) is 16.2. The number of hydrogen-bond acceptors (Lipinski definition) is 5. The first-order valence-electron chi connectivity index (χ1n) is 8.68. The van der Waals surface area contributed by atoms with Gasteiger partial charge >= 0.3 is 0 Å². The number of nitrogens with one attached hydrogen (secondary N) is 2. The van der Waals surface area contributed by atoms with Crippen LogP contribution in [-0.4, -0.2) is 38.0 Å². The summed E-state index contributed by atoms with van der Waals surface area (Å²) < 4.78 is 16.3. The van der Waals surface area contributed by atoms with E-state index >= 15 is 0 Å². The van der Waals surface area contributed by atoms with Crippen LogP contribution in [0.2, 0.25) is 0 Å². The van der Waals surface area contributed by atoms with Crippen molar-refractivity contribution in [3.63, 3.8) is 0 Å². The predicted molar refractivity (Wildman–Crippen MR) is 107 cm³/mol. The Morgan fingerprint density at radius 1 is 1.04 bits per heavy atom. The number of carbonyl (C=O) groups excluding carboxylic acids is 2. The van der Waals surface area contributed by atoms with Crippen LogP contribution in [0.15, 0.2) is 36.5 Å². The third kappa shape index (κ3) is 3.64. The number of aromatic nitrogens is 1. The zero-order chi connectivity index (χ0) is 20.3. The van der Waals surface area contributed by atoms with Crippen molar-refractivity contribution in [2.45, 2.75) is 13.3 Å². The van der Waals surface area contributed by atoms with Crippen molar-refractivity contribution in [1.29, 1.82) is 0 Å². The maximum atomic E-state index is 12.6. The molecule has 0 spiro atoms. The number of fused-ring (bicyclic) bond motifs is 1. The van der Waals surface area contributed by atoms with Gasteiger partial charge in [-0.25, -0.2) is 0 Å². The Balaban J connectivity index is 1.91. The molecule has 1 heterocycles. The van der Waals surface area contributed by atoms with Gasteiger partial charge in [-0.15, -0.1) is 0 Å². The summed E-state index contributed by atoms with van der Waals surface area (Å²) in [5.41, 5.74) is 2.65. The molecule has 1 amide bonds. The average Bonchev–Trinajstić information content (AvgIpc) is 3.08. The van der Waals surface area contributed by atoms with E-state index in [1.54, 1.807) is 50.7 Å². The maximum Gasteiger partial charge on any atom is 0.228 e. The van der Waals surface area contributed by atoms with Crippen molar-refractivity contribution in [2.75, 3.05) is 26.6 Å². The standard InChI is InChI=1S/C21H22N2O5/c1-12(24)13-6-5-7-15(8-13)23-18(25)9-14-11-22-16-10-17(26-2)20(27-3)21(28-4)19(14)16/h5-8,10-11,22H,9H2,1-4H3,(H,23,25). The van der Waals surface area contributed by atoms with Gasteiger partial charge in [0.15, 0.2) is 17.3 Å². The fourth-order valence-electron chi connectivity index (χ4n) is 3.16. The van der Waals surface area contributed by atoms with E-state index in [4.69, 9.17) is 14.2 Å². The minimum Gasteiger partial charge on any atom is -0.493 e. The molecule has 0 aliphatic rings. The van der Waals surface area contributed by atoms with Gasteiger partial charge in [0.05, 0.1) is 33.3 Å². The quantitative estimate of drug-likeness (QED) is 0.610. The number of benzene rings is 2. The summed E-state index contributed by atoms with van der Waals surface area (Å²) in [6.45, 7) is 1.49. The van der Waals surface area contributed by atoms with Crippen molar-refractivity contribution >= 4 is 28.3 Å². The number of hydrogen-bond donors (Lipinski definition) is 2. The lowest BCUT2D eigenvalue weighted by molar-refractivity contribution is -0.115. The number of ketones is 1. The SMILES string of the molecule is COc1cc2[nH]cc(CC(=O)Nc3cccc(C(C)=O)c3)c2c(OC)c1OC. The van der Waals surface area contributed by atoms with Crippen LogP contribution in [-0.2, 0) is 11.2 Å². The van der Waals surface area contributed by atoms with Crippen LogP contribution in [0.5, 0.6) is 17.2 Å². The van der Waals surface area contributed by atoms with Crippen molar-refractivity contribution < 1.29 is 23.8 Å². The van der Waals surface area contributed by atoms with Crippen LogP contribution >= 0.6 is 0 Å². The minimum absolute atomic E-state index is 0.0569. The van der Waals surface area contributed by atoms with Crippen molar-refractivity contribution in [3.05, 3.63) is 47.7 Å². The summed E-state index contributed by atoms with van der Waals surface area (Å²) >= 11 is 0. The van der Waals surface area contributed by atoms with Gasteiger partial charge < -0.3 is 24.5 Å². The minimum atomic E-state index is -0.210. The monoisotopic (exact) mass is 382 g/mol. The van der Waals surface area contributed by atoms with E-state index in [0.717, 1.165) is 16.5 Å². The lowest BCUT2D eigenvalue weighted by atomic mass is 10.1. The van der Waals surface area contributed by atoms with Gasteiger partial charge in [0.25, 0.3) is 0 Å². The lowest BCUT2D eigenvalue weighted by Crippen LogP contribution is -2.14. The van der Waals surface area contributed by atoms with E-state index in [-0.39, 0.29) is 18.1 Å². The van der Waals surface area contributed by atoms with E-state index < -0.39 is 0 Å². The topological polar surface area (TPSA) is 89.7 Å². The van der Waals surface area contributed by atoms with Crippen LogP contribution in [0.1, 0.15) is 22.8 Å². The van der Waals surface area contributed by atoms with E-state index in [2.05, 4.69) is 10.3 Å². The third-order valence-electron chi connectivity index (χ3n) is 4.46. The predicted octanol–water partition coefficient (Wildman–Crippen LogP) is 3.58. The highest BCUT2D eigenvalue weighted by atomic mass is 16.5. The Hall–Kier alpha value is -3.48. The van der Waals surface area contributed by atoms with Crippen LogP contribution in [0.4, 0.5) is 5.69 Å². The van der Waals surface area contributed by atoms with Gasteiger partial charge in [0.2, 0.25) is 11.7 Å². The number of rotatable bonds is 7. The number of anilines is 1. The van der Waals surface area contributed by atoms with Crippen LogP contribution in [0.3, 0.4) is 0 Å². The summed E-state index contributed by atoms with van der Waals surface area (Å²) in [4.78, 5) is 27.2. The van der Waals surface area contributed by atoms with Gasteiger partial charge in [-0.1, -0.05) is 12.1 Å². The van der Waals surface area contributed by atoms with Gasteiger partial charge in [0.1, 0.15) is 0 Å². The summed E-state index contributed by atoms with van der Waals surface area (Å²) in [5.74, 6) is 1.23. The molecule has 0 fully saturated rings. The number of carbonyl (C=O) groups is 2. The maximum absolute atomic E-state index is 12.6. The first-order valence-corrected chi connectivity index (χ1v) is 8.68. The summed E-state index contributed by atoms with van der Waals surface area (Å²) in [6.07, 6.45) is 1.88. The Bertz CT molecular complexity index is 1040. The van der Waals surface area contributed by atoms with Crippen LogP contribution < -0.4 is 19.5 Å². The van der Waals surface area contributed by atoms with E-state index in [1.807, 2.05) is 0 Å². The second-order valence-corrected chi connectivity index (χ2v) is 6.24. The summed E-state index contributed by atoms with van der Waals surface area (Å²) in [7, 11) is 4.63. The molecular formula is C21H22N2O5. The lowest BCUT2D eigenvalue weighted by Gasteiger charge is -2.14. The molecule has 1 aromatic heterocycles. The second kappa shape index (κ2) is 8.04. The molecule has 7 heteroatoms. The first-order chi connectivity index (χ1) is 13.5. The van der Waals surface area contributed by atoms with E-state index in [0.29, 0.717) is 28.5 Å².